The van der Waals surface area contributed by atoms with E-state index in [4.69, 9.17) is 10.5 Å². The molecular weight excluding hydrogens is 522 g/mol. The molecule has 0 unspecified atom stereocenters. The minimum absolute atomic E-state index is 0.0564. The first-order valence-corrected chi connectivity index (χ1v) is 13.7. The Bertz CT molecular complexity index is 1310. The first-order chi connectivity index (χ1) is 19.9. The summed E-state index contributed by atoms with van der Waals surface area (Å²) in [6.45, 7) is 0.514. The molecule has 1 aromatic heterocycles. The van der Waals surface area contributed by atoms with Gasteiger partial charge in [0, 0.05) is 31.4 Å². The fraction of sp³-hybridized carbons (Fsp3) is 0.323. The van der Waals surface area contributed by atoms with Crippen LogP contribution in [0.3, 0.4) is 0 Å². The predicted molar refractivity (Wildman–Crippen MR) is 152 cm³/mol. The van der Waals surface area contributed by atoms with E-state index in [9.17, 15) is 19.2 Å². The van der Waals surface area contributed by atoms with Crippen molar-refractivity contribution in [1.82, 2.24) is 20.5 Å². The number of nitrogens with zero attached hydrogens (tertiary/aromatic N) is 2. The predicted octanol–water partition coefficient (Wildman–Crippen LogP) is 2.51. The smallest absolute Gasteiger partial charge is 0.315 e. The van der Waals surface area contributed by atoms with Crippen molar-refractivity contribution in [3.05, 3.63) is 102 Å². The Morgan fingerprint density at radius 3 is 2.24 bits per heavy atom. The van der Waals surface area contributed by atoms with Crippen molar-refractivity contribution >= 4 is 23.8 Å². The highest BCUT2D eigenvalue weighted by Gasteiger charge is 2.35. The number of esters is 1. The number of primary amides is 1. The number of ether oxygens (including phenoxy) is 1. The molecule has 3 aromatic rings. The van der Waals surface area contributed by atoms with E-state index in [2.05, 4.69) is 15.6 Å². The molecule has 0 bridgehead atoms. The van der Waals surface area contributed by atoms with Crippen molar-refractivity contribution in [3.8, 4) is 0 Å². The molecule has 3 atom stereocenters. The van der Waals surface area contributed by atoms with E-state index in [-0.39, 0.29) is 19.4 Å². The maximum absolute atomic E-state index is 13.7. The number of amides is 4. The number of carbonyl (C=O) groups is 4. The first-order valence-electron chi connectivity index (χ1n) is 13.7. The minimum Gasteiger partial charge on any atom is -0.461 e. The monoisotopic (exact) mass is 557 g/mol. The van der Waals surface area contributed by atoms with E-state index in [0.717, 1.165) is 16.7 Å². The maximum Gasteiger partial charge on any atom is 0.315 e. The third-order valence-corrected chi connectivity index (χ3v) is 6.96. The fourth-order valence-corrected chi connectivity index (χ4v) is 4.91. The molecule has 10 nitrogen and oxygen atoms in total. The van der Waals surface area contributed by atoms with Gasteiger partial charge in [0.15, 0.2) is 0 Å². The lowest BCUT2D eigenvalue weighted by atomic mass is 10.0. The van der Waals surface area contributed by atoms with E-state index >= 15 is 0 Å². The van der Waals surface area contributed by atoms with Crippen LogP contribution in [-0.2, 0) is 38.6 Å². The van der Waals surface area contributed by atoms with Crippen LogP contribution >= 0.6 is 0 Å². The van der Waals surface area contributed by atoms with E-state index in [1.54, 1.807) is 18.5 Å². The lowest BCUT2D eigenvalue weighted by Gasteiger charge is -2.27. The summed E-state index contributed by atoms with van der Waals surface area (Å²) in [7, 11) is 0. The topological polar surface area (TPSA) is 144 Å². The lowest BCUT2D eigenvalue weighted by molar-refractivity contribution is -0.145. The molecule has 1 fully saturated rings. The number of nitrogens with two attached hydrogens (primary N) is 1. The summed E-state index contributed by atoms with van der Waals surface area (Å²) in [4.78, 5) is 57.0. The number of carbonyl (C=O) groups excluding carboxylic acids is 4. The van der Waals surface area contributed by atoms with Gasteiger partial charge in [0.1, 0.15) is 18.7 Å². The molecule has 4 N–H and O–H groups in total. The summed E-state index contributed by atoms with van der Waals surface area (Å²) in [5.41, 5.74) is 8.00. The summed E-state index contributed by atoms with van der Waals surface area (Å²) in [6, 6.07) is 19.4. The van der Waals surface area contributed by atoms with Crippen molar-refractivity contribution in [2.75, 3.05) is 6.54 Å². The average molecular weight is 558 g/mol. The second-order valence-electron chi connectivity index (χ2n) is 10.1. The van der Waals surface area contributed by atoms with Gasteiger partial charge < -0.3 is 26.0 Å². The van der Waals surface area contributed by atoms with Crippen LogP contribution in [0.15, 0.2) is 85.2 Å². The Hall–Kier alpha value is -4.73. The second-order valence-corrected chi connectivity index (χ2v) is 10.1. The molecule has 0 saturated carbocycles. The van der Waals surface area contributed by atoms with E-state index in [0.29, 0.717) is 25.8 Å². The Labute approximate surface area is 239 Å². The molecule has 2 heterocycles. The highest BCUT2D eigenvalue weighted by atomic mass is 16.5. The molecule has 10 heteroatoms. The van der Waals surface area contributed by atoms with Gasteiger partial charge in [-0.05, 0) is 42.0 Å². The van der Waals surface area contributed by atoms with Crippen LogP contribution in [0.25, 0.3) is 0 Å². The summed E-state index contributed by atoms with van der Waals surface area (Å²) in [5.74, 6) is -1.36. The molecule has 41 heavy (non-hydrogen) atoms. The van der Waals surface area contributed by atoms with Gasteiger partial charge >= 0.3 is 12.0 Å². The van der Waals surface area contributed by atoms with Crippen molar-refractivity contribution < 1.29 is 23.9 Å². The maximum atomic E-state index is 13.7. The third-order valence-electron chi connectivity index (χ3n) is 6.96. The molecule has 1 aliphatic heterocycles. The zero-order chi connectivity index (χ0) is 29.0. The molecule has 4 amide bonds. The summed E-state index contributed by atoms with van der Waals surface area (Å²) in [6.07, 6.45) is 4.85. The quantitative estimate of drug-likeness (QED) is 0.292. The van der Waals surface area contributed by atoms with E-state index in [1.165, 1.54) is 4.90 Å². The molecule has 1 aliphatic rings. The van der Waals surface area contributed by atoms with Gasteiger partial charge in [0.2, 0.25) is 11.8 Å². The number of likely N-dealkylation sites (tertiary alicyclic amines) is 1. The number of pyridine rings is 1. The van der Waals surface area contributed by atoms with Crippen LogP contribution in [0.5, 0.6) is 0 Å². The zero-order valence-corrected chi connectivity index (χ0v) is 22.8. The molecule has 1 saturated heterocycles. The number of hydrogen-bond acceptors (Lipinski definition) is 6. The number of nitrogens with one attached hydrogen (secondary N) is 2. The van der Waals surface area contributed by atoms with E-state index in [1.807, 2.05) is 66.7 Å². The molecule has 2 aromatic carbocycles. The van der Waals surface area contributed by atoms with Gasteiger partial charge in [-0.3, -0.25) is 19.4 Å². The zero-order valence-electron chi connectivity index (χ0n) is 22.8. The van der Waals surface area contributed by atoms with E-state index < -0.39 is 41.9 Å². The SMILES string of the molecule is NC(=O)N1CCC[C@H]1C(=O)N[C@@H](Cc1cccnc1)C(=O)N[C@H](CC(=O)OCc1ccccc1)Cc1ccccc1. The Morgan fingerprint density at radius 1 is 0.902 bits per heavy atom. The third kappa shape index (κ3) is 8.89. The van der Waals surface area contributed by atoms with Crippen LogP contribution in [-0.4, -0.2) is 58.4 Å². The lowest BCUT2D eigenvalue weighted by Crippen LogP contribution is -2.56. The van der Waals surface area contributed by atoms with Gasteiger partial charge in [0.05, 0.1) is 6.42 Å². The largest absolute Gasteiger partial charge is 0.461 e. The second kappa shape index (κ2) is 14.6. The van der Waals surface area contributed by atoms with Gasteiger partial charge in [-0.25, -0.2) is 4.79 Å². The van der Waals surface area contributed by atoms with Crippen LogP contribution in [0, 0.1) is 0 Å². The highest BCUT2D eigenvalue weighted by Crippen LogP contribution is 2.17. The van der Waals surface area contributed by atoms with Crippen molar-refractivity contribution in [1.29, 1.82) is 0 Å². The van der Waals surface area contributed by atoms with Gasteiger partial charge in [-0.15, -0.1) is 0 Å². The normalized spacial score (nSPS) is 15.9. The highest BCUT2D eigenvalue weighted by molar-refractivity contribution is 5.92. The molecule has 0 spiro atoms. The number of rotatable bonds is 12. The van der Waals surface area contributed by atoms with Crippen LogP contribution in [0.2, 0.25) is 0 Å². The van der Waals surface area contributed by atoms with Crippen molar-refractivity contribution in [2.45, 2.75) is 56.8 Å². The average Bonchev–Trinajstić information content (AvgIpc) is 3.48. The Morgan fingerprint density at radius 2 is 1.59 bits per heavy atom. The molecule has 4 rings (SSSR count). The Kier molecular flexibility index (Phi) is 10.4. The minimum atomic E-state index is -0.972. The summed E-state index contributed by atoms with van der Waals surface area (Å²) >= 11 is 0. The summed E-state index contributed by atoms with van der Waals surface area (Å²) < 4.78 is 5.48. The van der Waals surface area contributed by atoms with Gasteiger partial charge in [-0.1, -0.05) is 66.7 Å². The van der Waals surface area contributed by atoms with Gasteiger partial charge in [-0.2, -0.15) is 0 Å². The number of benzene rings is 2. The first kappa shape index (κ1) is 29.3. The molecular formula is C31H35N5O5. The van der Waals surface area contributed by atoms with Crippen LogP contribution < -0.4 is 16.4 Å². The fourth-order valence-electron chi connectivity index (χ4n) is 4.91. The van der Waals surface area contributed by atoms with Gasteiger partial charge in [0.25, 0.3) is 0 Å². The van der Waals surface area contributed by atoms with Crippen LogP contribution in [0.1, 0.15) is 36.0 Å². The van der Waals surface area contributed by atoms with Crippen LogP contribution in [0.4, 0.5) is 4.79 Å². The Balaban J connectivity index is 1.48. The molecule has 0 aliphatic carbocycles. The molecule has 0 radical (unpaired) electrons. The molecule has 214 valence electrons. The standard InChI is InChI=1S/C31H35N5O5/c32-31(40)36-16-8-14-27(36)30(39)35-26(18-24-13-7-15-33-20-24)29(38)34-25(17-22-9-3-1-4-10-22)19-28(37)41-21-23-11-5-2-6-12-23/h1-7,9-13,15,20,25-27H,8,14,16-19,21H2,(H2,32,40)(H,34,38)(H,35,39)/t25-,26-,27-/m0/s1. The number of hydrogen-bond donors (Lipinski definition) is 3. The van der Waals surface area contributed by atoms with Crippen molar-refractivity contribution in [2.24, 2.45) is 5.73 Å². The number of aromatic nitrogens is 1. The van der Waals surface area contributed by atoms with Crippen molar-refractivity contribution in [3.63, 3.8) is 0 Å². The summed E-state index contributed by atoms with van der Waals surface area (Å²) in [5, 5.41) is 5.78. The number of urea groups is 1.